The summed E-state index contributed by atoms with van der Waals surface area (Å²) in [4.78, 5) is 14.1. The third-order valence-corrected chi connectivity index (χ3v) is 5.90. The molecule has 3 rings (SSSR count). The van der Waals surface area contributed by atoms with Crippen molar-refractivity contribution in [3.05, 3.63) is 54.5 Å². The van der Waals surface area contributed by atoms with Crippen LogP contribution in [0.3, 0.4) is 0 Å². The molecule has 0 bridgehead atoms. The van der Waals surface area contributed by atoms with Gasteiger partial charge in [0.15, 0.2) is 9.84 Å². The smallest absolute Gasteiger partial charge is 0.257 e. The number of carbonyl (C=O) groups excluding carboxylic acids is 1. The van der Waals surface area contributed by atoms with Crippen LogP contribution < -0.4 is 0 Å². The van der Waals surface area contributed by atoms with E-state index in [4.69, 9.17) is 4.42 Å². The summed E-state index contributed by atoms with van der Waals surface area (Å²) >= 11 is 0. The Hall–Kier alpha value is -2.08. The minimum Gasteiger partial charge on any atom is -0.472 e. The van der Waals surface area contributed by atoms with Gasteiger partial charge < -0.3 is 9.32 Å². The monoisotopic (exact) mass is 305 g/mol. The maximum atomic E-state index is 12.5. The molecule has 1 aliphatic rings. The molecule has 1 aliphatic heterocycles. The van der Waals surface area contributed by atoms with Gasteiger partial charge in [0.05, 0.1) is 22.0 Å². The predicted octanol–water partition coefficient (Wildman–Crippen LogP) is 1.97. The van der Waals surface area contributed by atoms with Crippen molar-refractivity contribution in [1.29, 1.82) is 0 Å². The second-order valence-electron chi connectivity index (χ2n) is 5.03. The molecule has 21 heavy (non-hydrogen) atoms. The van der Waals surface area contributed by atoms with Gasteiger partial charge in [0.25, 0.3) is 5.91 Å². The molecule has 0 saturated carbocycles. The molecule has 0 radical (unpaired) electrons. The molecule has 2 aromatic rings. The van der Waals surface area contributed by atoms with Crippen LogP contribution in [0.25, 0.3) is 0 Å². The Morgan fingerprint density at radius 1 is 1.19 bits per heavy atom. The molecule has 0 aliphatic carbocycles. The number of rotatable bonds is 3. The molecule has 1 unspecified atom stereocenters. The van der Waals surface area contributed by atoms with Gasteiger partial charge in [-0.3, -0.25) is 4.79 Å². The van der Waals surface area contributed by atoms with Crippen LogP contribution in [0.5, 0.6) is 0 Å². The molecular formula is C15H15NO4S. The number of furan rings is 1. The summed E-state index contributed by atoms with van der Waals surface area (Å²) in [6, 6.07) is 9.96. The first kappa shape index (κ1) is 13.9. The summed E-state index contributed by atoms with van der Waals surface area (Å²) in [6.45, 7) is 0.669. The van der Waals surface area contributed by atoms with E-state index in [0.29, 0.717) is 23.4 Å². The number of benzene rings is 1. The summed E-state index contributed by atoms with van der Waals surface area (Å²) < 4.78 is 30.0. The molecule has 110 valence electrons. The third-order valence-electron chi connectivity index (χ3n) is 3.71. The molecule has 1 atom stereocenters. The van der Waals surface area contributed by atoms with Gasteiger partial charge in [-0.25, -0.2) is 8.42 Å². The number of hydrogen-bond acceptors (Lipinski definition) is 4. The zero-order chi connectivity index (χ0) is 14.9. The van der Waals surface area contributed by atoms with E-state index < -0.39 is 15.1 Å². The highest BCUT2D eigenvalue weighted by atomic mass is 32.2. The van der Waals surface area contributed by atoms with E-state index in [0.717, 1.165) is 0 Å². The first-order chi connectivity index (χ1) is 10.1. The van der Waals surface area contributed by atoms with Crippen LogP contribution in [-0.4, -0.2) is 37.6 Å². The summed E-state index contributed by atoms with van der Waals surface area (Å²) in [5.74, 6) is -0.186. The van der Waals surface area contributed by atoms with Gasteiger partial charge in [0.1, 0.15) is 6.26 Å². The van der Waals surface area contributed by atoms with E-state index in [-0.39, 0.29) is 12.5 Å². The van der Waals surface area contributed by atoms with Crippen molar-refractivity contribution in [2.75, 3.05) is 13.1 Å². The molecule has 0 N–H and O–H groups in total. The van der Waals surface area contributed by atoms with Crippen LogP contribution in [0.4, 0.5) is 0 Å². The van der Waals surface area contributed by atoms with Gasteiger partial charge in [0, 0.05) is 13.1 Å². The normalized spacial score (nSPS) is 18.9. The second-order valence-corrected chi connectivity index (χ2v) is 7.26. The number of hydrogen-bond donors (Lipinski definition) is 0. The van der Waals surface area contributed by atoms with E-state index in [1.165, 1.54) is 12.5 Å². The lowest BCUT2D eigenvalue weighted by molar-refractivity contribution is 0.0792. The van der Waals surface area contributed by atoms with Gasteiger partial charge in [0.2, 0.25) is 0 Å². The van der Waals surface area contributed by atoms with Crippen molar-refractivity contribution in [3.63, 3.8) is 0 Å². The standard InChI is InChI=1S/C15H15NO4S/c17-15(12-7-9-20-11-12)16-8-6-14(10-16)21(18,19)13-4-2-1-3-5-13/h1-5,7,9,11,14H,6,8,10H2. The van der Waals surface area contributed by atoms with Crippen LogP contribution >= 0.6 is 0 Å². The average molecular weight is 305 g/mol. The first-order valence-electron chi connectivity index (χ1n) is 6.69. The first-order valence-corrected chi connectivity index (χ1v) is 8.24. The summed E-state index contributed by atoms with van der Waals surface area (Å²) in [5.41, 5.74) is 0.452. The van der Waals surface area contributed by atoms with Crippen LogP contribution in [0.15, 0.2) is 58.2 Å². The molecular weight excluding hydrogens is 290 g/mol. The maximum Gasteiger partial charge on any atom is 0.257 e. The van der Waals surface area contributed by atoms with E-state index in [2.05, 4.69) is 0 Å². The second kappa shape index (κ2) is 5.37. The molecule has 1 amide bonds. The maximum absolute atomic E-state index is 12.5. The summed E-state index contributed by atoms with van der Waals surface area (Å²) in [5, 5.41) is -0.546. The van der Waals surface area contributed by atoms with Gasteiger partial charge in [-0.1, -0.05) is 18.2 Å². The van der Waals surface area contributed by atoms with Crippen molar-refractivity contribution >= 4 is 15.7 Å². The zero-order valence-electron chi connectivity index (χ0n) is 11.3. The van der Waals surface area contributed by atoms with Gasteiger partial charge in [-0.2, -0.15) is 0 Å². The van der Waals surface area contributed by atoms with Gasteiger partial charge in [-0.05, 0) is 24.6 Å². The van der Waals surface area contributed by atoms with Crippen molar-refractivity contribution < 1.29 is 17.6 Å². The number of likely N-dealkylation sites (tertiary alicyclic amines) is 1. The third kappa shape index (κ3) is 2.58. The minimum atomic E-state index is -3.39. The number of sulfone groups is 1. The lowest BCUT2D eigenvalue weighted by Crippen LogP contribution is -2.31. The number of carbonyl (C=O) groups is 1. The molecule has 1 fully saturated rings. The highest BCUT2D eigenvalue weighted by molar-refractivity contribution is 7.92. The molecule has 1 saturated heterocycles. The van der Waals surface area contributed by atoms with Crippen LogP contribution in [0, 0.1) is 0 Å². The summed E-state index contributed by atoms with van der Waals surface area (Å²) in [7, 11) is -3.39. The SMILES string of the molecule is O=C(c1ccoc1)N1CCC(S(=O)(=O)c2ccccc2)C1. The fraction of sp³-hybridized carbons (Fsp3) is 0.267. The molecule has 6 heteroatoms. The molecule has 1 aromatic heterocycles. The Kier molecular flexibility index (Phi) is 3.55. The largest absolute Gasteiger partial charge is 0.472 e. The van der Waals surface area contributed by atoms with Crippen LogP contribution in [0.2, 0.25) is 0 Å². The van der Waals surface area contributed by atoms with E-state index >= 15 is 0 Å². The average Bonchev–Trinajstić information content (AvgIpc) is 3.19. The predicted molar refractivity (Wildman–Crippen MR) is 76.6 cm³/mol. The Balaban J connectivity index is 1.77. The summed E-state index contributed by atoms with van der Waals surface area (Å²) in [6.07, 6.45) is 3.27. The minimum absolute atomic E-state index is 0.186. The lowest BCUT2D eigenvalue weighted by Gasteiger charge is -2.15. The fourth-order valence-electron chi connectivity index (χ4n) is 2.54. The molecule has 1 aromatic carbocycles. The Labute approximate surface area is 123 Å². The quantitative estimate of drug-likeness (QED) is 0.869. The van der Waals surface area contributed by atoms with Crippen molar-refractivity contribution in [2.45, 2.75) is 16.6 Å². The van der Waals surface area contributed by atoms with Crippen molar-refractivity contribution in [2.24, 2.45) is 0 Å². The van der Waals surface area contributed by atoms with Crippen molar-refractivity contribution in [1.82, 2.24) is 4.90 Å². The van der Waals surface area contributed by atoms with Crippen molar-refractivity contribution in [3.8, 4) is 0 Å². The topological polar surface area (TPSA) is 67.6 Å². The molecule has 0 spiro atoms. The number of nitrogens with zero attached hydrogens (tertiary/aromatic N) is 1. The Bertz CT molecular complexity index is 722. The zero-order valence-corrected chi connectivity index (χ0v) is 12.1. The highest BCUT2D eigenvalue weighted by Gasteiger charge is 2.36. The van der Waals surface area contributed by atoms with Gasteiger partial charge >= 0.3 is 0 Å². The van der Waals surface area contributed by atoms with Gasteiger partial charge in [-0.15, -0.1) is 0 Å². The van der Waals surface area contributed by atoms with E-state index in [1.54, 1.807) is 41.3 Å². The Morgan fingerprint density at radius 2 is 1.95 bits per heavy atom. The lowest BCUT2D eigenvalue weighted by atomic mass is 10.3. The van der Waals surface area contributed by atoms with E-state index in [1.807, 2.05) is 0 Å². The number of amides is 1. The van der Waals surface area contributed by atoms with E-state index in [9.17, 15) is 13.2 Å². The van der Waals surface area contributed by atoms with Crippen LogP contribution in [-0.2, 0) is 9.84 Å². The Morgan fingerprint density at radius 3 is 2.62 bits per heavy atom. The van der Waals surface area contributed by atoms with Crippen LogP contribution in [0.1, 0.15) is 16.8 Å². The fourth-order valence-corrected chi connectivity index (χ4v) is 4.25. The molecule has 5 nitrogen and oxygen atoms in total. The molecule has 2 heterocycles. The highest BCUT2D eigenvalue weighted by Crippen LogP contribution is 2.24.